The van der Waals surface area contributed by atoms with Crippen molar-refractivity contribution < 1.29 is 27.9 Å². The number of hydrogen-bond donors (Lipinski definition) is 2. The summed E-state index contributed by atoms with van der Waals surface area (Å²) < 4.78 is 36.3. The molecular formula is C14H16F3NO3. The number of halogens is 3. The average Bonchev–Trinajstić information content (AvgIpc) is 2.42. The lowest BCUT2D eigenvalue weighted by molar-refractivity contribution is -0.146. The van der Waals surface area contributed by atoms with Crippen LogP contribution in [-0.2, 0) is 9.59 Å². The summed E-state index contributed by atoms with van der Waals surface area (Å²) in [5, 5.41) is 11.4. The lowest BCUT2D eigenvalue weighted by atomic mass is 9.94. The fourth-order valence-electron chi connectivity index (χ4n) is 1.80. The standard InChI is InChI=1S/C14H16F3NO3/c1-9(13(20)21)12(10-5-3-2-4-6-10)18-11(19)7-8-14(15,16)17/h2-6,9,12H,7-8H2,1H3,(H,18,19)(H,20,21). The summed E-state index contributed by atoms with van der Waals surface area (Å²) >= 11 is 0. The van der Waals surface area contributed by atoms with Crippen molar-refractivity contribution in [3.05, 3.63) is 35.9 Å². The van der Waals surface area contributed by atoms with E-state index < -0.39 is 42.9 Å². The summed E-state index contributed by atoms with van der Waals surface area (Å²) in [6.45, 7) is 1.39. The molecule has 2 N–H and O–H groups in total. The van der Waals surface area contributed by atoms with Crippen molar-refractivity contribution in [2.24, 2.45) is 5.92 Å². The molecule has 0 spiro atoms. The van der Waals surface area contributed by atoms with Gasteiger partial charge in [0.15, 0.2) is 0 Å². The van der Waals surface area contributed by atoms with Gasteiger partial charge in [-0.2, -0.15) is 13.2 Å². The molecule has 0 bridgehead atoms. The van der Waals surface area contributed by atoms with Gasteiger partial charge >= 0.3 is 12.1 Å². The molecule has 2 atom stereocenters. The average molecular weight is 303 g/mol. The van der Waals surface area contributed by atoms with Crippen LogP contribution in [0.5, 0.6) is 0 Å². The third kappa shape index (κ3) is 5.85. The van der Waals surface area contributed by atoms with Crippen molar-refractivity contribution in [3.63, 3.8) is 0 Å². The van der Waals surface area contributed by atoms with Crippen LogP contribution in [0.4, 0.5) is 13.2 Å². The zero-order valence-corrected chi connectivity index (χ0v) is 11.4. The Morgan fingerprint density at radius 1 is 1.24 bits per heavy atom. The highest BCUT2D eigenvalue weighted by Crippen LogP contribution is 2.24. The minimum absolute atomic E-state index is 0.535. The van der Waals surface area contributed by atoms with Crippen LogP contribution in [0.3, 0.4) is 0 Å². The molecule has 2 unspecified atom stereocenters. The second-order valence-corrected chi connectivity index (χ2v) is 4.70. The second kappa shape index (κ2) is 7.10. The molecule has 1 amide bonds. The molecule has 1 aromatic carbocycles. The molecule has 116 valence electrons. The van der Waals surface area contributed by atoms with E-state index in [9.17, 15) is 22.8 Å². The minimum Gasteiger partial charge on any atom is -0.481 e. The Hall–Kier alpha value is -2.05. The van der Waals surface area contributed by atoms with Crippen LogP contribution in [-0.4, -0.2) is 23.2 Å². The van der Waals surface area contributed by atoms with E-state index in [1.807, 2.05) is 0 Å². The van der Waals surface area contributed by atoms with Crippen molar-refractivity contribution in [3.8, 4) is 0 Å². The van der Waals surface area contributed by atoms with Gasteiger partial charge < -0.3 is 10.4 Å². The van der Waals surface area contributed by atoms with Crippen molar-refractivity contribution in [2.45, 2.75) is 32.0 Å². The third-order valence-electron chi connectivity index (χ3n) is 3.00. The molecule has 1 rings (SSSR count). The van der Waals surface area contributed by atoms with Gasteiger partial charge in [0.25, 0.3) is 0 Å². The molecule has 0 saturated carbocycles. The van der Waals surface area contributed by atoms with Crippen LogP contribution >= 0.6 is 0 Å². The van der Waals surface area contributed by atoms with Crippen LogP contribution < -0.4 is 5.32 Å². The molecule has 0 aliphatic rings. The predicted molar refractivity (Wildman–Crippen MR) is 69.4 cm³/mol. The van der Waals surface area contributed by atoms with Crippen LogP contribution in [0.2, 0.25) is 0 Å². The molecule has 7 heteroatoms. The number of carbonyl (C=O) groups is 2. The number of benzene rings is 1. The Labute approximate surface area is 120 Å². The highest BCUT2D eigenvalue weighted by Gasteiger charge is 2.30. The highest BCUT2D eigenvalue weighted by atomic mass is 19.4. The van der Waals surface area contributed by atoms with E-state index in [1.54, 1.807) is 30.3 Å². The maximum Gasteiger partial charge on any atom is 0.389 e. The summed E-state index contributed by atoms with van der Waals surface area (Å²) in [6, 6.07) is 7.42. The van der Waals surface area contributed by atoms with Crippen LogP contribution in [0.25, 0.3) is 0 Å². The number of alkyl halides is 3. The summed E-state index contributed by atoms with van der Waals surface area (Å²) in [5.41, 5.74) is 0.535. The molecular weight excluding hydrogens is 287 g/mol. The van der Waals surface area contributed by atoms with Gasteiger partial charge in [-0.25, -0.2) is 0 Å². The fraction of sp³-hybridized carbons (Fsp3) is 0.429. The van der Waals surface area contributed by atoms with Crippen molar-refractivity contribution in [1.82, 2.24) is 5.32 Å². The quantitative estimate of drug-likeness (QED) is 0.849. The van der Waals surface area contributed by atoms with Gasteiger partial charge in [0, 0.05) is 6.42 Å². The maximum atomic E-state index is 12.1. The first-order valence-electron chi connectivity index (χ1n) is 6.34. The zero-order valence-electron chi connectivity index (χ0n) is 11.4. The molecule has 0 aromatic heterocycles. The molecule has 4 nitrogen and oxygen atoms in total. The predicted octanol–water partition coefficient (Wildman–Crippen LogP) is 2.91. The van der Waals surface area contributed by atoms with E-state index in [1.165, 1.54) is 6.92 Å². The first-order chi connectivity index (χ1) is 9.70. The number of amides is 1. The lowest BCUT2D eigenvalue weighted by Crippen LogP contribution is -2.36. The van der Waals surface area contributed by atoms with E-state index >= 15 is 0 Å². The summed E-state index contributed by atoms with van der Waals surface area (Å²) in [6.07, 6.45) is -6.38. The molecule has 0 aliphatic heterocycles. The minimum atomic E-state index is -4.42. The highest BCUT2D eigenvalue weighted by molar-refractivity contribution is 5.78. The van der Waals surface area contributed by atoms with Crippen molar-refractivity contribution >= 4 is 11.9 Å². The van der Waals surface area contributed by atoms with E-state index in [0.29, 0.717) is 5.56 Å². The maximum absolute atomic E-state index is 12.1. The van der Waals surface area contributed by atoms with E-state index in [-0.39, 0.29) is 0 Å². The Morgan fingerprint density at radius 2 is 1.81 bits per heavy atom. The normalized spacial score (nSPS) is 14.3. The van der Waals surface area contributed by atoms with E-state index in [2.05, 4.69) is 5.32 Å². The summed E-state index contributed by atoms with van der Waals surface area (Å²) in [7, 11) is 0. The molecule has 0 heterocycles. The van der Waals surface area contributed by atoms with Gasteiger partial charge in [-0.1, -0.05) is 30.3 Å². The van der Waals surface area contributed by atoms with Crippen LogP contribution in [0.1, 0.15) is 31.4 Å². The largest absolute Gasteiger partial charge is 0.481 e. The molecule has 0 aliphatic carbocycles. The molecule has 1 aromatic rings. The van der Waals surface area contributed by atoms with Gasteiger partial charge in [0.05, 0.1) is 18.4 Å². The van der Waals surface area contributed by atoms with Gasteiger partial charge in [-0.05, 0) is 12.5 Å². The lowest BCUT2D eigenvalue weighted by Gasteiger charge is -2.23. The van der Waals surface area contributed by atoms with Crippen molar-refractivity contribution in [1.29, 1.82) is 0 Å². The van der Waals surface area contributed by atoms with Gasteiger partial charge in [0.2, 0.25) is 5.91 Å². The van der Waals surface area contributed by atoms with Crippen LogP contribution in [0, 0.1) is 5.92 Å². The number of carboxylic acid groups (broad SMARTS) is 1. The van der Waals surface area contributed by atoms with Gasteiger partial charge in [0.1, 0.15) is 0 Å². The summed E-state index contributed by atoms with van der Waals surface area (Å²) in [4.78, 5) is 22.7. The number of carboxylic acids is 1. The number of aliphatic carboxylic acids is 1. The Kier molecular flexibility index (Phi) is 5.75. The van der Waals surface area contributed by atoms with E-state index in [0.717, 1.165) is 0 Å². The summed E-state index contributed by atoms with van der Waals surface area (Å²) in [5.74, 6) is -2.92. The molecule has 0 saturated heterocycles. The number of carbonyl (C=O) groups excluding carboxylic acids is 1. The Morgan fingerprint density at radius 3 is 2.29 bits per heavy atom. The molecule has 21 heavy (non-hydrogen) atoms. The third-order valence-corrected chi connectivity index (χ3v) is 3.00. The Balaban J connectivity index is 2.79. The SMILES string of the molecule is CC(C(=O)O)C(NC(=O)CCC(F)(F)F)c1ccccc1. The molecule has 0 radical (unpaired) electrons. The number of nitrogens with one attached hydrogen (secondary N) is 1. The topological polar surface area (TPSA) is 66.4 Å². The van der Waals surface area contributed by atoms with Crippen molar-refractivity contribution in [2.75, 3.05) is 0 Å². The van der Waals surface area contributed by atoms with Crippen LogP contribution in [0.15, 0.2) is 30.3 Å². The van der Waals surface area contributed by atoms with Gasteiger partial charge in [-0.15, -0.1) is 0 Å². The zero-order chi connectivity index (χ0) is 16.0. The fourth-order valence-corrected chi connectivity index (χ4v) is 1.80. The first kappa shape index (κ1) is 17.0. The number of hydrogen-bond acceptors (Lipinski definition) is 2. The van der Waals surface area contributed by atoms with E-state index in [4.69, 9.17) is 5.11 Å². The molecule has 0 fully saturated rings. The second-order valence-electron chi connectivity index (χ2n) is 4.70. The van der Waals surface area contributed by atoms with Gasteiger partial charge in [-0.3, -0.25) is 9.59 Å². The number of rotatable bonds is 6. The first-order valence-corrected chi connectivity index (χ1v) is 6.34. The monoisotopic (exact) mass is 303 g/mol. The smallest absolute Gasteiger partial charge is 0.389 e. The Bertz CT molecular complexity index is 488.